The number of nitrogens with one attached hydrogen (secondary N) is 1. The Morgan fingerprint density at radius 1 is 1.06 bits per heavy atom. The standard InChI is InChI=1S/C25H28N2O4/c28-24(11-9-19-15-17-5-1-2-6-20(17)26-25(19)29)27-12-3-7-21(27)18-8-10-22-23(16-18)31-14-4-13-30-22/h1-2,5-6,8,10,16,19,21H,3-4,7,9,11-15H2,(H,26,29). The van der Waals surface area contributed by atoms with Crippen molar-refractivity contribution in [2.75, 3.05) is 25.1 Å². The highest BCUT2D eigenvalue weighted by Gasteiger charge is 2.32. The van der Waals surface area contributed by atoms with Gasteiger partial charge in [0, 0.05) is 31.0 Å². The average Bonchev–Trinajstić information content (AvgIpc) is 3.16. The smallest absolute Gasteiger partial charge is 0.227 e. The quantitative estimate of drug-likeness (QED) is 0.809. The van der Waals surface area contributed by atoms with Gasteiger partial charge in [-0.3, -0.25) is 9.59 Å². The summed E-state index contributed by atoms with van der Waals surface area (Å²) in [5, 5.41) is 2.98. The first-order chi connectivity index (χ1) is 15.2. The fraction of sp³-hybridized carbons (Fsp3) is 0.440. The van der Waals surface area contributed by atoms with Crippen molar-refractivity contribution in [3.63, 3.8) is 0 Å². The summed E-state index contributed by atoms with van der Waals surface area (Å²) in [5.41, 5.74) is 3.13. The van der Waals surface area contributed by atoms with E-state index in [1.807, 2.05) is 41.3 Å². The first kappa shape index (κ1) is 19.9. The van der Waals surface area contributed by atoms with Gasteiger partial charge in [-0.1, -0.05) is 24.3 Å². The summed E-state index contributed by atoms with van der Waals surface area (Å²) in [6, 6.07) is 14.0. The van der Waals surface area contributed by atoms with Crippen LogP contribution in [-0.2, 0) is 16.0 Å². The van der Waals surface area contributed by atoms with Crippen molar-refractivity contribution >= 4 is 17.5 Å². The van der Waals surface area contributed by atoms with Gasteiger partial charge in [0.25, 0.3) is 0 Å². The van der Waals surface area contributed by atoms with Gasteiger partial charge >= 0.3 is 0 Å². The van der Waals surface area contributed by atoms with E-state index in [4.69, 9.17) is 9.47 Å². The van der Waals surface area contributed by atoms with Crippen LogP contribution < -0.4 is 14.8 Å². The molecule has 31 heavy (non-hydrogen) atoms. The molecule has 6 nitrogen and oxygen atoms in total. The van der Waals surface area contributed by atoms with Gasteiger partial charge in [0.05, 0.1) is 19.3 Å². The first-order valence-corrected chi connectivity index (χ1v) is 11.3. The predicted octanol–water partition coefficient (Wildman–Crippen LogP) is 4.10. The van der Waals surface area contributed by atoms with Crippen molar-refractivity contribution < 1.29 is 19.1 Å². The fourth-order valence-electron chi connectivity index (χ4n) is 4.89. The van der Waals surface area contributed by atoms with E-state index in [9.17, 15) is 9.59 Å². The molecule has 0 radical (unpaired) electrons. The Morgan fingerprint density at radius 2 is 1.90 bits per heavy atom. The maximum Gasteiger partial charge on any atom is 0.227 e. The second kappa shape index (κ2) is 8.61. The van der Waals surface area contributed by atoms with Crippen LogP contribution in [0.15, 0.2) is 42.5 Å². The van der Waals surface area contributed by atoms with E-state index in [0.717, 1.165) is 54.1 Å². The summed E-state index contributed by atoms with van der Waals surface area (Å²) in [7, 11) is 0. The van der Waals surface area contributed by atoms with E-state index < -0.39 is 0 Å². The summed E-state index contributed by atoms with van der Waals surface area (Å²) in [6.45, 7) is 2.08. The molecule has 1 N–H and O–H groups in total. The van der Waals surface area contributed by atoms with Gasteiger partial charge in [-0.25, -0.2) is 0 Å². The number of carbonyl (C=O) groups excluding carboxylic acids is 2. The molecule has 6 heteroatoms. The van der Waals surface area contributed by atoms with E-state index >= 15 is 0 Å². The van der Waals surface area contributed by atoms with Gasteiger partial charge < -0.3 is 19.7 Å². The van der Waals surface area contributed by atoms with Crippen molar-refractivity contribution in [3.8, 4) is 11.5 Å². The van der Waals surface area contributed by atoms with E-state index in [0.29, 0.717) is 32.5 Å². The molecular formula is C25H28N2O4. The highest BCUT2D eigenvalue weighted by molar-refractivity contribution is 5.96. The Kier molecular flexibility index (Phi) is 5.53. The van der Waals surface area contributed by atoms with Crippen LogP contribution in [0.2, 0.25) is 0 Å². The monoisotopic (exact) mass is 420 g/mol. The molecular weight excluding hydrogens is 392 g/mol. The van der Waals surface area contributed by atoms with E-state index in [1.165, 1.54) is 0 Å². The lowest BCUT2D eigenvalue weighted by Gasteiger charge is -2.28. The fourth-order valence-corrected chi connectivity index (χ4v) is 4.89. The predicted molar refractivity (Wildman–Crippen MR) is 117 cm³/mol. The molecule has 1 saturated heterocycles. The SMILES string of the molecule is O=C1Nc2ccccc2CC1CCC(=O)N1CCCC1c1ccc2c(c1)OCCCO2. The molecule has 1 fully saturated rings. The average molecular weight is 421 g/mol. The number of carbonyl (C=O) groups is 2. The maximum atomic E-state index is 13.1. The molecule has 2 aromatic rings. The van der Waals surface area contributed by atoms with Crippen LogP contribution in [0.1, 0.15) is 49.3 Å². The highest BCUT2D eigenvalue weighted by atomic mass is 16.5. The summed E-state index contributed by atoms with van der Waals surface area (Å²) >= 11 is 0. The number of anilines is 1. The number of para-hydroxylation sites is 1. The Labute approximate surface area is 182 Å². The van der Waals surface area contributed by atoms with Crippen LogP contribution in [0, 0.1) is 5.92 Å². The molecule has 0 saturated carbocycles. The topological polar surface area (TPSA) is 67.9 Å². The molecule has 0 aliphatic carbocycles. The second-order valence-electron chi connectivity index (χ2n) is 8.59. The molecule has 0 spiro atoms. The first-order valence-electron chi connectivity index (χ1n) is 11.3. The number of nitrogens with zero attached hydrogens (tertiary/aromatic N) is 1. The van der Waals surface area contributed by atoms with Crippen molar-refractivity contribution in [3.05, 3.63) is 53.6 Å². The maximum absolute atomic E-state index is 13.1. The molecule has 3 aliphatic heterocycles. The molecule has 2 unspecified atom stereocenters. The lowest BCUT2D eigenvalue weighted by atomic mass is 9.89. The number of hydrogen-bond acceptors (Lipinski definition) is 4. The van der Waals surface area contributed by atoms with Crippen LogP contribution in [-0.4, -0.2) is 36.5 Å². The third-order valence-corrected chi connectivity index (χ3v) is 6.55. The van der Waals surface area contributed by atoms with Gasteiger partial charge in [-0.2, -0.15) is 0 Å². The Hall–Kier alpha value is -3.02. The van der Waals surface area contributed by atoms with Crippen molar-refractivity contribution in [1.82, 2.24) is 4.90 Å². The summed E-state index contributed by atoms with van der Waals surface area (Å²) in [5.74, 6) is 1.54. The second-order valence-corrected chi connectivity index (χ2v) is 8.59. The van der Waals surface area contributed by atoms with Gasteiger partial charge in [0.15, 0.2) is 11.5 Å². The Morgan fingerprint density at radius 3 is 2.81 bits per heavy atom. The molecule has 2 aromatic carbocycles. The number of fused-ring (bicyclic) bond motifs is 2. The van der Waals surface area contributed by atoms with Crippen LogP contribution in [0.25, 0.3) is 0 Å². The van der Waals surface area contributed by atoms with Gasteiger partial charge in [0.1, 0.15) is 0 Å². The summed E-state index contributed by atoms with van der Waals surface area (Å²) < 4.78 is 11.6. The number of benzene rings is 2. The van der Waals surface area contributed by atoms with Gasteiger partial charge in [0.2, 0.25) is 11.8 Å². The third-order valence-electron chi connectivity index (χ3n) is 6.55. The van der Waals surface area contributed by atoms with E-state index in [-0.39, 0.29) is 23.8 Å². The third kappa shape index (κ3) is 4.11. The van der Waals surface area contributed by atoms with E-state index in [2.05, 4.69) is 11.4 Å². The molecule has 3 aliphatic rings. The van der Waals surface area contributed by atoms with Gasteiger partial charge in [-0.15, -0.1) is 0 Å². The minimum Gasteiger partial charge on any atom is -0.490 e. The zero-order valence-corrected chi connectivity index (χ0v) is 17.6. The summed E-state index contributed by atoms with van der Waals surface area (Å²) in [4.78, 5) is 27.6. The van der Waals surface area contributed by atoms with Crippen molar-refractivity contribution in [1.29, 1.82) is 0 Å². The number of amides is 2. The lowest BCUT2D eigenvalue weighted by Crippen LogP contribution is -2.33. The highest BCUT2D eigenvalue weighted by Crippen LogP contribution is 2.38. The van der Waals surface area contributed by atoms with E-state index in [1.54, 1.807) is 0 Å². The van der Waals surface area contributed by atoms with Crippen molar-refractivity contribution in [2.24, 2.45) is 5.92 Å². The molecule has 2 atom stereocenters. The zero-order valence-electron chi connectivity index (χ0n) is 17.6. The molecule has 0 aromatic heterocycles. The summed E-state index contributed by atoms with van der Waals surface area (Å²) in [6.07, 6.45) is 4.47. The number of rotatable bonds is 4. The Balaban J connectivity index is 1.24. The lowest BCUT2D eigenvalue weighted by molar-refractivity contribution is -0.132. The molecule has 0 bridgehead atoms. The van der Waals surface area contributed by atoms with Crippen LogP contribution in [0.3, 0.4) is 0 Å². The molecule has 2 amide bonds. The number of likely N-dealkylation sites (tertiary alicyclic amines) is 1. The van der Waals surface area contributed by atoms with Crippen LogP contribution in [0.5, 0.6) is 11.5 Å². The van der Waals surface area contributed by atoms with Crippen molar-refractivity contribution in [2.45, 2.75) is 44.6 Å². The molecule has 5 rings (SSSR count). The van der Waals surface area contributed by atoms with Crippen LogP contribution in [0.4, 0.5) is 5.69 Å². The Bertz CT molecular complexity index is 989. The molecule has 162 valence electrons. The van der Waals surface area contributed by atoms with Crippen LogP contribution >= 0.6 is 0 Å². The normalized spacial score (nSPS) is 22.5. The zero-order chi connectivity index (χ0) is 21.2. The minimum atomic E-state index is -0.155. The molecule has 3 heterocycles. The largest absolute Gasteiger partial charge is 0.490 e. The number of ether oxygens (including phenoxy) is 2. The minimum absolute atomic E-state index is 0.0207. The number of hydrogen-bond donors (Lipinski definition) is 1. The van der Waals surface area contributed by atoms with Gasteiger partial charge in [-0.05, 0) is 55.0 Å².